The smallest absolute Gasteiger partial charge is 0.222 e. The number of rotatable bonds is 3. The van der Waals surface area contributed by atoms with Gasteiger partial charge in [-0.05, 0) is 75.1 Å². The second-order valence-electron chi connectivity index (χ2n) is 9.57. The summed E-state index contributed by atoms with van der Waals surface area (Å²) in [6.45, 7) is 4.33. The van der Waals surface area contributed by atoms with Gasteiger partial charge in [0.05, 0.1) is 0 Å². The summed E-state index contributed by atoms with van der Waals surface area (Å²) in [6, 6.07) is 7.63. The lowest BCUT2D eigenvalue weighted by Gasteiger charge is -2.48. The first-order valence-corrected chi connectivity index (χ1v) is 11.7. The van der Waals surface area contributed by atoms with Crippen LogP contribution in [0.5, 0.6) is 5.75 Å². The summed E-state index contributed by atoms with van der Waals surface area (Å²) in [5.41, 5.74) is 2.72. The van der Waals surface area contributed by atoms with E-state index in [0.717, 1.165) is 50.6 Å². The molecule has 5 rings (SSSR count). The largest absolute Gasteiger partial charge is 0.487 e. The van der Waals surface area contributed by atoms with Crippen LogP contribution >= 0.6 is 0 Å². The zero-order valence-electron chi connectivity index (χ0n) is 17.8. The van der Waals surface area contributed by atoms with Crippen LogP contribution in [0.1, 0.15) is 56.9 Å². The molecule has 3 heterocycles. The first-order valence-electron chi connectivity index (χ1n) is 11.7. The molecule has 1 spiro atoms. The topological polar surface area (TPSA) is 44.8 Å². The van der Waals surface area contributed by atoms with Crippen molar-refractivity contribution in [3.63, 3.8) is 0 Å². The molecule has 0 bridgehead atoms. The molecule has 1 saturated carbocycles. The van der Waals surface area contributed by atoms with Crippen LogP contribution in [0.4, 0.5) is 5.69 Å². The molecule has 5 heteroatoms. The van der Waals surface area contributed by atoms with Crippen LogP contribution < -0.4 is 15.0 Å². The summed E-state index contributed by atoms with van der Waals surface area (Å²) >= 11 is 0. The molecule has 5 nitrogen and oxygen atoms in total. The highest BCUT2D eigenvalue weighted by Gasteiger charge is 2.41. The number of nitrogens with zero attached hydrogens (tertiary/aromatic N) is 2. The fraction of sp³-hybridized carbons (Fsp3) is 0.708. The Labute approximate surface area is 174 Å². The third kappa shape index (κ3) is 3.74. The Hall–Kier alpha value is -1.75. The maximum absolute atomic E-state index is 11.9. The van der Waals surface area contributed by atoms with Crippen LogP contribution in [0.2, 0.25) is 0 Å². The minimum Gasteiger partial charge on any atom is -0.487 e. The van der Waals surface area contributed by atoms with Crippen LogP contribution in [-0.4, -0.2) is 55.7 Å². The Morgan fingerprint density at radius 3 is 2.48 bits per heavy atom. The normalized spacial score (nSPS) is 25.2. The third-order valence-corrected chi connectivity index (χ3v) is 8.00. The fourth-order valence-electron chi connectivity index (χ4n) is 5.71. The van der Waals surface area contributed by atoms with Crippen molar-refractivity contribution >= 4 is 11.6 Å². The van der Waals surface area contributed by atoms with E-state index >= 15 is 0 Å². The standard InChI is InChI=1S/C24H35N3O2/c1-25-23(28)18-8-13-26(14-9-18)21-5-6-22-19(17-21)7-10-24(29-22)11-15-27(16-12-24)20-3-2-4-20/h5-6,17-18,20H,2-4,7-16H2,1H3,(H,25,28). The van der Waals surface area contributed by atoms with E-state index in [4.69, 9.17) is 4.74 Å². The van der Waals surface area contributed by atoms with Gasteiger partial charge in [-0.2, -0.15) is 0 Å². The predicted octanol–water partition coefficient (Wildman–Crippen LogP) is 3.36. The number of likely N-dealkylation sites (tertiary alicyclic amines) is 1. The van der Waals surface area contributed by atoms with Gasteiger partial charge in [0.25, 0.3) is 0 Å². The SMILES string of the molecule is CNC(=O)C1CCN(c2ccc3c(c2)CCC2(CCN(C4CCC4)CC2)O3)CC1. The van der Waals surface area contributed by atoms with Gasteiger partial charge in [-0.15, -0.1) is 0 Å². The molecule has 1 aromatic rings. The molecule has 0 radical (unpaired) electrons. The molecule has 0 aromatic heterocycles. The number of carbonyl (C=O) groups excluding carboxylic acids is 1. The van der Waals surface area contributed by atoms with Gasteiger partial charge in [0, 0.05) is 50.9 Å². The van der Waals surface area contributed by atoms with Crippen LogP contribution in [0.15, 0.2) is 18.2 Å². The Bertz CT molecular complexity index is 744. The summed E-state index contributed by atoms with van der Waals surface area (Å²) < 4.78 is 6.65. The van der Waals surface area contributed by atoms with Gasteiger partial charge in [0.15, 0.2) is 0 Å². The van der Waals surface area contributed by atoms with Crippen molar-refractivity contribution in [1.82, 2.24) is 10.2 Å². The van der Waals surface area contributed by atoms with E-state index in [1.165, 1.54) is 56.4 Å². The van der Waals surface area contributed by atoms with Gasteiger partial charge in [-0.25, -0.2) is 0 Å². The number of ether oxygens (including phenoxy) is 1. The van der Waals surface area contributed by atoms with Gasteiger partial charge in [0.1, 0.15) is 11.4 Å². The lowest BCUT2D eigenvalue weighted by Crippen LogP contribution is -2.53. The quantitative estimate of drug-likeness (QED) is 0.850. The van der Waals surface area contributed by atoms with Crippen LogP contribution in [0, 0.1) is 5.92 Å². The molecular weight excluding hydrogens is 362 g/mol. The van der Waals surface area contributed by atoms with Crippen molar-refractivity contribution in [2.24, 2.45) is 5.92 Å². The van der Waals surface area contributed by atoms with Crippen molar-refractivity contribution in [3.05, 3.63) is 23.8 Å². The maximum Gasteiger partial charge on any atom is 0.222 e. The molecule has 29 heavy (non-hydrogen) atoms. The first kappa shape index (κ1) is 19.2. The third-order valence-electron chi connectivity index (χ3n) is 8.00. The van der Waals surface area contributed by atoms with E-state index < -0.39 is 0 Å². The van der Waals surface area contributed by atoms with Crippen LogP contribution in [0.3, 0.4) is 0 Å². The van der Waals surface area contributed by atoms with Gasteiger partial charge in [-0.3, -0.25) is 4.79 Å². The van der Waals surface area contributed by atoms with E-state index in [9.17, 15) is 4.79 Å². The predicted molar refractivity (Wildman–Crippen MR) is 116 cm³/mol. The summed E-state index contributed by atoms with van der Waals surface area (Å²) in [4.78, 5) is 17.0. The molecule has 1 amide bonds. The number of hydrogen-bond donors (Lipinski definition) is 1. The number of anilines is 1. The molecule has 1 N–H and O–H groups in total. The van der Waals surface area contributed by atoms with E-state index in [0.29, 0.717) is 0 Å². The summed E-state index contributed by atoms with van der Waals surface area (Å²) in [5, 5.41) is 2.80. The van der Waals surface area contributed by atoms with Crippen molar-refractivity contribution in [2.75, 3.05) is 38.1 Å². The highest BCUT2D eigenvalue weighted by atomic mass is 16.5. The van der Waals surface area contributed by atoms with E-state index in [1.807, 2.05) is 0 Å². The first-order chi connectivity index (χ1) is 14.2. The number of piperidine rings is 2. The Morgan fingerprint density at radius 2 is 1.83 bits per heavy atom. The summed E-state index contributed by atoms with van der Waals surface area (Å²) in [5.74, 6) is 1.47. The number of aryl methyl sites for hydroxylation is 1. The molecule has 1 aliphatic carbocycles. The lowest BCUT2D eigenvalue weighted by molar-refractivity contribution is -0.125. The van der Waals surface area contributed by atoms with Crippen molar-refractivity contribution in [2.45, 2.75) is 69.4 Å². The zero-order valence-corrected chi connectivity index (χ0v) is 17.8. The number of fused-ring (bicyclic) bond motifs is 1. The van der Waals surface area contributed by atoms with Crippen molar-refractivity contribution in [3.8, 4) is 5.75 Å². The number of benzene rings is 1. The van der Waals surface area contributed by atoms with Gasteiger partial charge in [-0.1, -0.05) is 6.42 Å². The number of carbonyl (C=O) groups is 1. The van der Waals surface area contributed by atoms with E-state index in [2.05, 4.69) is 33.3 Å². The van der Waals surface area contributed by atoms with Crippen LogP contribution in [-0.2, 0) is 11.2 Å². The van der Waals surface area contributed by atoms with Gasteiger partial charge < -0.3 is 19.9 Å². The average molecular weight is 398 g/mol. The number of hydrogen-bond acceptors (Lipinski definition) is 4. The highest BCUT2D eigenvalue weighted by molar-refractivity contribution is 5.78. The lowest BCUT2D eigenvalue weighted by atomic mass is 9.81. The van der Waals surface area contributed by atoms with Crippen molar-refractivity contribution < 1.29 is 9.53 Å². The van der Waals surface area contributed by atoms with Crippen molar-refractivity contribution in [1.29, 1.82) is 0 Å². The summed E-state index contributed by atoms with van der Waals surface area (Å²) in [6.07, 6.45) is 10.7. The number of nitrogens with one attached hydrogen (secondary N) is 1. The second kappa shape index (κ2) is 7.82. The van der Waals surface area contributed by atoms with Gasteiger partial charge in [0.2, 0.25) is 5.91 Å². The highest BCUT2D eigenvalue weighted by Crippen LogP contribution is 2.42. The molecule has 4 aliphatic rings. The summed E-state index contributed by atoms with van der Waals surface area (Å²) in [7, 11) is 1.74. The molecule has 1 aromatic carbocycles. The van der Waals surface area contributed by atoms with E-state index in [-0.39, 0.29) is 17.4 Å². The van der Waals surface area contributed by atoms with Gasteiger partial charge >= 0.3 is 0 Å². The molecule has 0 atom stereocenters. The molecular formula is C24H35N3O2. The average Bonchev–Trinajstić information content (AvgIpc) is 2.73. The Balaban J connectivity index is 1.21. The monoisotopic (exact) mass is 397 g/mol. The van der Waals surface area contributed by atoms with Crippen LogP contribution in [0.25, 0.3) is 0 Å². The molecule has 3 fully saturated rings. The number of amides is 1. The molecule has 2 saturated heterocycles. The second-order valence-corrected chi connectivity index (χ2v) is 9.57. The molecule has 0 unspecified atom stereocenters. The minimum absolute atomic E-state index is 0.0701. The Morgan fingerprint density at radius 1 is 1.07 bits per heavy atom. The molecule has 3 aliphatic heterocycles. The minimum atomic E-state index is 0.0701. The zero-order chi connectivity index (χ0) is 19.8. The maximum atomic E-state index is 11.9. The van der Waals surface area contributed by atoms with E-state index in [1.54, 1.807) is 7.05 Å². The fourth-order valence-corrected chi connectivity index (χ4v) is 5.71. The molecule has 158 valence electrons. The Kier molecular flexibility index (Phi) is 5.19.